The van der Waals surface area contributed by atoms with E-state index in [9.17, 15) is 5.11 Å². The molecule has 0 atom stereocenters. The first-order valence-corrected chi connectivity index (χ1v) is 9.03. The molecule has 5 aliphatic rings. The third-order valence-electron chi connectivity index (χ3n) is 6.87. The summed E-state index contributed by atoms with van der Waals surface area (Å²) < 4.78 is 0. The number of hydrogen-bond donors (Lipinski definition) is 1. The monoisotopic (exact) mass is 277 g/mol. The maximum Gasteiger partial charge on any atom is 0.0900 e. The van der Waals surface area contributed by atoms with Crippen LogP contribution in [0.2, 0.25) is 0 Å². The van der Waals surface area contributed by atoms with E-state index in [2.05, 4.69) is 11.8 Å². The summed E-state index contributed by atoms with van der Waals surface area (Å²) in [7, 11) is 0. The second kappa shape index (κ2) is 4.71. The first-order chi connectivity index (χ1) is 9.58. The highest BCUT2D eigenvalue weighted by molar-refractivity contribution is 5.02. The summed E-state index contributed by atoms with van der Waals surface area (Å²) in [6, 6.07) is 0. The van der Waals surface area contributed by atoms with Crippen LogP contribution in [0.15, 0.2) is 0 Å². The van der Waals surface area contributed by atoms with Crippen LogP contribution >= 0.6 is 0 Å². The van der Waals surface area contributed by atoms with Crippen molar-refractivity contribution in [2.24, 2.45) is 23.2 Å². The molecule has 5 fully saturated rings. The molecule has 0 aromatic heterocycles. The predicted molar refractivity (Wildman–Crippen MR) is 81.5 cm³/mol. The molecular formula is C18H31NO. The maximum absolute atomic E-state index is 10.3. The molecule has 4 saturated carbocycles. The van der Waals surface area contributed by atoms with Gasteiger partial charge in [-0.1, -0.05) is 13.3 Å². The van der Waals surface area contributed by atoms with Gasteiger partial charge in [0.2, 0.25) is 0 Å². The highest BCUT2D eigenvalue weighted by Crippen LogP contribution is 2.61. The van der Waals surface area contributed by atoms with Crippen molar-refractivity contribution in [2.45, 2.75) is 70.3 Å². The van der Waals surface area contributed by atoms with E-state index in [-0.39, 0.29) is 5.60 Å². The van der Waals surface area contributed by atoms with Gasteiger partial charge in [-0.3, -0.25) is 4.90 Å². The molecule has 0 aromatic carbocycles. The zero-order valence-corrected chi connectivity index (χ0v) is 13.1. The van der Waals surface area contributed by atoms with Crippen LogP contribution in [0.5, 0.6) is 0 Å². The predicted octanol–water partition coefficient (Wildman–Crippen LogP) is 3.44. The molecule has 0 aromatic rings. The molecule has 0 spiro atoms. The molecule has 2 nitrogen and oxygen atoms in total. The van der Waals surface area contributed by atoms with Gasteiger partial charge in [0.15, 0.2) is 0 Å². The molecule has 4 bridgehead atoms. The standard InChI is InChI=1S/C18H31NO/c1-2-3-18(20)12-19(13-18)5-4-17-9-14-6-15(10-17)8-16(7-14)11-17/h14-16,20H,2-13H2,1H3. The maximum atomic E-state index is 10.3. The van der Waals surface area contributed by atoms with Gasteiger partial charge in [0.05, 0.1) is 5.60 Å². The molecule has 2 heteroatoms. The second-order valence-electron chi connectivity index (χ2n) is 8.85. The number of rotatable bonds is 5. The molecule has 4 aliphatic carbocycles. The molecular weight excluding hydrogens is 246 g/mol. The average Bonchev–Trinajstić information content (AvgIpc) is 2.32. The molecule has 1 heterocycles. The number of nitrogens with zero attached hydrogens (tertiary/aromatic N) is 1. The molecule has 20 heavy (non-hydrogen) atoms. The molecule has 0 radical (unpaired) electrons. The van der Waals surface area contributed by atoms with Crippen molar-refractivity contribution in [3.63, 3.8) is 0 Å². The Morgan fingerprint density at radius 1 is 0.950 bits per heavy atom. The number of hydrogen-bond acceptors (Lipinski definition) is 2. The van der Waals surface area contributed by atoms with Gasteiger partial charge < -0.3 is 5.11 Å². The van der Waals surface area contributed by atoms with Gasteiger partial charge in [-0.15, -0.1) is 0 Å². The quantitative estimate of drug-likeness (QED) is 0.832. The van der Waals surface area contributed by atoms with E-state index >= 15 is 0 Å². The SMILES string of the molecule is CCCC1(O)CN(CCC23CC4CC(CC(C4)C2)C3)C1. The summed E-state index contributed by atoms with van der Waals surface area (Å²) >= 11 is 0. The van der Waals surface area contributed by atoms with Gasteiger partial charge in [0.1, 0.15) is 0 Å². The van der Waals surface area contributed by atoms with Crippen LogP contribution in [0.25, 0.3) is 0 Å². The zero-order valence-electron chi connectivity index (χ0n) is 13.1. The Balaban J connectivity index is 1.30. The third kappa shape index (κ3) is 2.33. The summed E-state index contributed by atoms with van der Waals surface area (Å²) in [4.78, 5) is 2.51. The number of β-amino-alcohol motifs (C(OH)–C–C–N with tert-alkyl or cyclic N) is 1. The number of likely N-dealkylation sites (tertiary alicyclic amines) is 1. The average molecular weight is 277 g/mol. The first-order valence-electron chi connectivity index (χ1n) is 9.03. The Morgan fingerprint density at radius 2 is 1.50 bits per heavy atom. The van der Waals surface area contributed by atoms with Gasteiger partial charge in [0, 0.05) is 13.1 Å². The van der Waals surface area contributed by atoms with Gasteiger partial charge in [-0.05, 0) is 81.1 Å². The lowest BCUT2D eigenvalue weighted by molar-refractivity contribution is -0.115. The molecule has 1 N–H and O–H groups in total. The lowest BCUT2D eigenvalue weighted by Gasteiger charge is -2.58. The van der Waals surface area contributed by atoms with Crippen molar-refractivity contribution >= 4 is 0 Å². The summed E-state index contributed by atoms with van der Waals surface area (Å²) in [5.41, 5.74) is 0.378. The van der Waals surface area contributed by atoms with E-state index in [1.54, 1.807) is 19.3 Å². The normalized spacial score (nSPS) is 45.6. The van der Waals surface area contributed by atoms with Crippen LogP contribution in [0.1, 0.15) is 64.7 Å². The fourth-order valence-electron chi connectivity index (χ4n) is 6.56. The summed E-state index contributed by atoms with van der Waals surface area (Å²) in [6.07, 6.45) is 12.8. The Hall–Kier alpha value is -0.0800. The van der Waals surface area contributed by atoms with Gasteiger partial charge >= 0.3 is 0 Å². The van der Waals surface area contributed by atoms with Crippen molar-refractivity contribution in [2.75, 3.05) is 19.6 Å². The molecule has 5 rings (SSSR count). The Morgan fingerprint density at radius 3 is 2.00 bits per heavy atom. The Bertz CT molecular complexity index is 336. The van der Waals surface area contributed by atoms with Crippen LogP contribution in [0, 0.1) is 23.2 Å². The molecule has 114 valence electrons. The minimum atomic E-state index is -0.337. The molecule has 0 amide bonds. The van der Waals surface area contributed by atoms with Crippen molar-refractivity contribution in [3.05, 3.63) is 0 Å². The van der Waals surface area contributed by atoms with Crippen LogP contribution in [-0.4, -0.2) is 35.2 Å². The first kappa shape index (κ1) is 13.6. The topological polar surface area (TPSA) is 23.5 Å². The van der Waals surface area contributed by atoms with Crippen molar-refractivity contribution in [1.82, 2.24) is 4.90 Å². The summed E-state index contributed by atoms with van der Waals surface area (Å²) in [5, 5.41) is 10.3. The van der Waals surface area contributed by atoms with Crippen molar-refractivity contribution in [1.29, 1.82) is 0 Å². The highest BCUT2D eigenvalue weighted by Gasteiger charge is 2.51. The van der Waals surface area contributed by atoms with Crippen LogP contribution < -0.4 is 0 Å². The minimum Gasteiger partial charge on any atom is -0.387 e. The van der Waals surface area contributed by atoms with E-state index in [4.69, 9.17) is 0 Å². The highest BCUT2D eigenvalue weighted by atomic mass is 16.3. The smallest absolute Gasteiger partial charge is 0.0900 e. The van der Waals surface area contributed by atoms with Crippen LogP contribution in [0.3, 0.4) is 0 Å². The van der Waals surface area contributed by atoms with Gasteiger partial charge in [0.25, 0.3) is 0 Å². The Kier molecular flexibility index (Phi) is 3.20. The number of aliphatic hydroxyl groups is 1. The molecule has 1 aliphatic heterocycles. The second-order valence-corrected chi connectivity index (χ2v) is 8.85. The van der Waals surface area contributed by atoms with E-state index in [0.717, 1.165) is 43.7 Å². The van der Waals surface area contributed by atoms with Crippen LogP contribution in [0.4, 0.5) is 0 Å². The molecule has 0 unspecified atom stereocenters. The Labute approximate surface area is 123 Å². The molecule has 1 saturated heterocycles. The summed E-state index contributed by atoms with van der Waals surface area (Å²) in [6.45, 7) is 5.30. The van der Waals surface area contributed by atoms with Gasteiger partial charge in [-0.2, -0.15) is 0 Å². The van der Waals surface area contributed by atoms with E-state index in [1.165, 1.54) is 32.2 Å². The van der Waals surface area contributed by atoms with Crippen molar-refractivity contribution in [3.8, 4) is 0 Å². The fraction of sp³-hybridized carbons (Fsp3) is 1.00. The van der Waals surface area contributed by atoms with E-state index in [1.807, 2.05) is 0 Å². The van der Waals surface area contributed by atoms with Crippen molar-refractivity contribution < 1.29 is 5.11 Å². The third-order valence-corrected chi connectivity index (χ3v) is 6.87. The van der Waals surface area contributed by atoms with E-state index in [0.29, 0.717) is 5.41 Å². The van der Waals surface area contributed by atoms with E-state index < -0.39 is 0 Å². The largest absolute Gasteiger partial charge is 0.387 e. The fourth-order valence-corrected chi connectivity index (χ4v) is 6.56. The minimum absolute atomic E-state index is 0.337. The van der Waals surface area contributed by atoms with Gasteiger partial charge in [-0.25, -0.2) is 0 Å². The van der Waals surface area contributed by atoms with Crippen LogP contribution in [-0.2, 0) is 0 Å². The summed E-state index contributed by atoms with van der Waals surface area (Å²) in [5.74, 6) is 3.24. The zero-order chi connectivity index (χ0) is 13.8. The lowest BCUT2D eigenvalue weighted by Crippen LogP contribution is -2.62. The lowest BCUT2D eigenvalue weighted by atomic mass is 9.49.